The molecule has 0 aromatic carbocycles. The molecule has 21 heavy (non-hydrogen) atoms. The first kappa shape index (κ1) is 16.3. The Kier molecular flexibility index (Phi) is 5.29. The van der Waals surface area contributed by atoms with E-state index in [9.17, 15) is 13.2 Å². The van der Waals surface area contributed by atoms with Gasteiger partial charge in [0.15, 0.2) is 0 Å². The minimum absolute atomic E-state index is 0.0349. The number of carbonyl (C=O) groups excluding carboxylic acids is 1. The van der Waals surface area contributed by atoms with Crippen molar-refractivity contribution in [3.8, 4) is 0 Å². The highest BCUT2D eigenvalue weighted by molar-refractivity contribution is 8.13. The molecule has 1 atom stereocenters. The molecule has 118 valence electrons. The Morgan fingerprint density at radius 1 is 1.57 bits per heavy atom. The van der Waals surface area contributed by atoms with Crippen LogP contribution in [0, 0.1) is 0 Å². The zero-order valence-corrected chi connectivity index (χ0v) is 13.4. The summed E-state index contributed by atoms with van der Waals surface area (Å²) in [6.45, 7) is 3.70. The van der Waals surface area contributed by atoms with Gasteiger partial charge in [-0.15, -0.1) is 0 Å². The van der Waals surface area contributed by atoms with E-state index >= 15 is 0 Å². The zero-order valence-electron chi connectivity index (χ0n) is 11.8. The van der Waals surface area contributed by atoms with Gasteiger partial charge in [-0.2, -0.15) is 0 Å². The van der Waals surface area contributed by atoms with E-state index in [2.05, 4.69) is 5.32 Å². The molecular weight excluding hydrogens is 316 g/mol. The summed E-state index contributed by atoms with van der Waals surface area (Å²) in [6, 6.07) is 1.28. The van der Waals surface area contributed by atoms with Crippen molar-refractivity contribution in [1.82, 2.24) is 9.88 Å². The molecule has 1 N–H and O–H groups in total. The molecule has 1 fully saturated rings. The predicted molar refractivity (Wildman–Crippen MR) is 79.1 cm³/mol. The molecule has 2 rings (SSSR count). The Bertz CT molecular complexity index is 606. The number of nitrogens with zero attached hydrogens (tertiary/aromatic N) is 1. The Morgan fingerprint density at radius 3 is 2.90 bits per heavy atom. The Labute approximate surface area is 128 Å². The van der Waals surface area contributed by atoms with Gasteiger partial charge < -0.3 is 14.6 Å². The SMILES string of the molecule is CCCn1cc(S(=O)(=O)Cl)cc1C(=O)NC1CCCOC1. The second-order valence-electron chi connectivity index (χ2n) is 5.08. The van der Waals surface area contributed by atoms with Gasteiger partial charge >= 0.3 is 0 Å². The van der Waals surface area contributed by atoms with Crippen LogP contribution in [0.2, 0.25) is 0 Å². The molecule has 1 unspecified atom stereocenters. The molecule has 0 radical (unpaired) electrons. The molecule has 1 aromatic heterocycles. The van der Waals surface area contributed by atoms with E-state index in [-0.39, 0.29) is 16.8 Å². The third-order valence-corrected chi connectivity index (χ3v) is 4.67. The highest BCUT2D eigenvalue weighted by Gasteiger charge is 2.22. The molecule has 0 spiro atoms. The molecule has 2 heterocycles. The van der Waals surface area contributed by atoms with Crippen molar-refractivity contribution in [2.75, 3.05) is 13.2 Å². The third kappa shape index (κ3) is 4.21. The van der Waals surface area contributed by atoms with Crippen LogP contribution >= 0.6 is 10.7 Å². The van der Waals surface area contributed by atoms with E-state index < -0.39 is 9.05 Å². The first-order chi connectivity index (χ1) is 9.91. The lowest BCUT2D eigenvalue weighted by Gasteiger charge is -2.23. The Morgan fingerprint density at radius 2 is 2.33 bits per heavy atom. The topological polar surface area (TPSA) is 77.4 Å². The quantitative estimate of drug-likeness (QED) is 0.832. The summed E-state index contributed by atoms with van der Waals surface area (Å²) >= 11 is 0. The number of hydrogen-bond acceptors (Lipinski definition) is 4. The number of aromatic nitrogens is 1. The van der Waals surface area contributed by atoms with Gasteiger partial charge in [0.1, 0.15) is 10.6 Å². The summed E-state index contributed by atoms with van der Waals surface area (Å²) in [4.78, 5) is 12.3. The van der Waals surface area contributed by atoms with Gasteiger partial charge in [0.2, 0.25) is 0 Å². The number of aryl methyl sites for hydroxylation is 1. The Hall–Kier alpha value is -1.05. The lowest BCUT2D eigenvalue weighted by Crippen LogP contribution is -2.41. The van der Waals surface area contributed by atoms with E-state index in [0.717, 1.165) is 19.3 Å². The predicted octanol–water partition coefficient (Wildman–Crippen LogP) is 1.73. The standard InChI is InChI=1S/C13H19ClN2O4S/c1-2-5-16-8-11(21(14,18)19)7-12(16)13(17)15-10-4-3-6-20-9-10/h7-8,10H,2-6,9H2,1H3,(H,15,17). The minimum Gasteiger partial charge on any atom is -0.379 e. The summed E-state index contributed by atoms with van der Waals surface area (Å²) in [5.41, 5.74) is 0.307. The van der Waals surface area contributed by atoms with Crippen LogP contribution in [0.4, 0.5) is 0 Å². The fraction of sp³-hybridized carbons (Fsp3) is 0.615. The van der Waals surface area contributed by atoms with Crippen molar-refractivity contribution in [1.29, 1.82) is 0 Å². The number of halogens is 1. The highest BCUT2D eigenvalue weighted by Crippen LogP contribution is 2.19. The number of ether oxygens (including phenoxy) is 1. The van der Waals surface area contributed by atoms with Gasteiger partial charge in [0.25, 0.3) is 15.0 Å². The average Bonchev–Trinajstić information content (AvgIpc) is 2.84. The lowest BCUT2D eigenvalue weighted by atomic mass is 10.1. The van der Waals surface area contributed by atoms with Gasteiger partial charge in [0, 0.05) is 30.0 Å². The fourth-order valence-electron chi connectivity index (χ4n) is 2.35. The maximum absolute atomic E-state index is 12.3. The van der Waals surface area contributed by atoms with Crippen LogP contribution in [0.25, 0.3) is 0 Å². The molecule has 0 bridgehead atoms. The van der Waals surface area contributed by atoms with Crippen molar-refractivity contribution >= 4 is 25.6 Å². The Balaban J connectivity index is 2.20. The van der Waals surface area contributed by atoms with Crippen molar-refractivity contribution in [3.63, 3.8) is 0 Å². The average molecular weight is 335 g/mol. The second kappa shape index (κ2) is 6.81. The van der Waals surface area contributed by atoms with Crippen molar-refractivity contribution in [3.05, 3.63) is 18.0 Å². The number of amides is 1. The van der Waals surface area contributed by atoms with Gasteiger partial charge in [0.05, 0.1) is 12.6 Å². The van der Waals surface area contributed by atoms with Crippen LogP contribution in [0.3, 0.4) is 0 Å². The first-order valence-corrected chi connectivity index (χ1v) is 9.26. The van der Waals surface area contributed by atoms with Crippen LogP contribution < -0.4 is 5.32 Å². The van der Waals surface area contributed by atoms with Gasteiger partial charge in [-0.1, -0.05) is 6.92 Å². The van der Waals surface area contributed by atoms with E-state index in [1.54, 1.807) is 4.57 Å². The molecule has 1 amide bonds. The molecule has 6 nitrogen and oxygen atoms in total. The number of nitrogens with one attached hydrogen (secondary N) is 1. The van der Waals surface area contributed by atoms with Crippen molar-refractivity contribution in [2.45, 2.75) is 43.7 Å². The number of rotatable bonds is 5. The molecule has 1 saturated heterocycles. The summed E-state index contributed by atoms with van der Waals surface area (Å²) < 4.78 is 29.8. The monoisotopic (exact) mass is 334 g/mol. The summed E-state index contributed by atoms with van der Waals surface area (Å²) in [5, 5.41) is 2.88. The summed E-state index contributed by atoms with van der Waals surface area (Å²) in [5.74, 6) is -0.300. The van der Waals surface area contributed by atoms with Gasteiger partial charge in [-0.3, -0.25) is 4.79 Å². The zero-order chi connectivity index (χ0) is 15.5. The second-order valence-corrected chi connectivity index (χ2v) is 7.65. The molecule has 1 aromatic rings. The summed E-state index contributed by atoms with van der Waals surface area (Å²) in [6.07, 6.45) is 3.95. The molecule has 0 aliphatic carbocycles. The van der Waals surface area contributed by atoms with Crippen LogP contribution in [0.1, 0.15) is 36.7 Å². The molecular formula is C13H19ClN2O4S. The largest absolute Gasteiger partial charge is 0.379 e. The fourth-order valence-corrected chi connectivity index (χ4v) is 3.11. The van der Waals surface area contributed by atoms with E-state index in [4.69, 9.17) is 15.4 Å². The maximum atomic E-state index is 12.3. The van der Waals surface area contributed by atoms with Crippen molar-refractivity contribution in [2.24, 2.45) is 0 Å². The first-order valence-electron chi connectivity index (χ1n) is 6.95. The van der Waals surface area contributed by atoms with E-state index in [1.165, 1.54) is 12.3 Å². The normalized spacial score (nSPS) is 19.4. The minimum atomic E-state index is -3.84. The van der Waals surface area contributed by atoms with Crippen LogP contribution in [-0.4, -0.2) is 38.1 Å². The highest BCUT2D eigenvalue weighted by atomic mass is 35.7. The van der Waals surface area contributed by atoms with E-state index in [0.29, 0.717) is 25.5 Å². The summed E-state index contributed by atoms with van der Waals surface area (Å²) in [7, 11) is 1.51. The van der Waals surface area contributed by atoms with E-state index in [1.807, 2.05) is 6.92 Å². The van der Waals surface area contributed by atoms with Gasteiger partial charge in [-0.25, -0.2) is 8.42 Å². The molecule has 1 aliphatic rings. The number of hydrogen-bond donors (Lipinski definition) is 1. The lowest BCUT2D eigenvalue weighted by molar-refractivity contribution is 0.0620. The van der Waals surface area contributed by atoms with Crippen molar-refractivity contribution < 1.29 is 17.9 Å². The third-order valence-electron chi connectivity index (χ3n) is 3.35. The number of carbonyl (C=O) groups is 1. The van der Waals surface area contributed by atoms with Crippen LogP contribution in [-0.2, 0) is 20.3 Å². The van der Waals surface area contributed by atoms with Crippen LogP contribution in [0.15, 0.2) is 17.2 Å². The molecule has 1 aliphatic heterocycles. The smallest absolute Gasteiger partial charge is 0.268 e. The molecule has 0 saturated carbocycles. The molecule has 8 heteroatoms. The maximum Gasteiger partial charge on any atom is 0.268 e. The van der Waals surface area contributed by atoms with Gasteiger partial charge in [-0.05, 0) is 25.3 Å². The van der Waals surface area contributed by atoms with Crippen LogP contribution in [0.5, 0.6) is 0 Å².